The fourth-order valence-corrected chi connectivity index (χ4v) is 4.47. The van der Waals surface area contributed by atoms with E-state index < -0.39 is 11.7 Å². The predicted molar refractivity (Wildman–Crippen MR) is 157 cm³/mol. The van der Waals surface area contributed by atoms with E-state index in [1.165, 1.54) is 7.11 Å². The highest BCUT2D eigenvalue weighted by atomic mass is 16.6. The first kappa shape index (κ1) is 31.6. The van der Waals surface area contributed by atoms with Crippen molar-refractivity contribution in [2.45, 2.75) is 65.5 Å². The van der Waals surface area contributed by atoms with Gasteiger partial charge in [-0.15, -0.1) is 0 Å². The van der Waals surface area contributed by atoms with Gasteiger partial charge in [-0.05, 0) is 51.8 Å². The maximum atomic E-state index is 13.6. The second-order valence-corrected chi connectivity index (χ2v) is 10.9. The molecule has 0 spiro atoms. The second kappa shape index (κ2) is 14.6. The van der Waals surface area contributed by atoms with Gasteiger partial charge in [-0.3, -0.25) is 9.69 Å². The molecule has 0 unspecified atom stereocenters. The monoisotopic (exact) mass is 569 g/mol. The molecule has 1 saturated heterocycles. The van der Waals surface area contributed by atoms with E-state index in [1.54, 1.807) is 55.9 Å². The van der Waals surface area contributed by atoms with Crippen LogP contribution >= 0.6 is 0 Å². The third-order valence-corrected chi connectivity index (χ3v) is 6.54. The van der Waals surface area contributed by atoms with Crippen LogP contribution in [-0.2, 0) is 11.3 Å². The van der Waals surface area contributed by atoms with Gasteiger partial charge in [0.15, 0.2) is 17.3 Å². The number of nitrogens with one attached hydrogen (secondary N) is 1. The first-order valence-corrected chi connectivity index (χ1v) is 14.1. The van der Waals surface area contributed by atoms with Crippen molar-refractivity contribution in [1.29, 1.82) is 0 Å². The average Bonchev–Trinajstić information content (AvgIpc) is 2.94. The average molecular weight is 570 g/mol. The minimum atomic E-state index is -0.658. The summed E-state index contributed by atoms with van der Waals surface area (Å²) in [6, 6.07) is 10.5. The van der Waals surface area contributed by atoms with Crippen LogP contribution in [0.5, 0.6) is 17.2 Å². The van der Waals surface area contributed by atoms with Gasteiger partial charge in [-0.1, -0.05) is 31.9 Å². The predicted octanol–water partition coefficient (Wildman–Crippen LogP) is 5.81. The molecule has 0 bridgehead atoms. The van der Waals surface area contributed by atoms with Gasteiger partial charge in [0.05, 0.1) is 33.9 Å². The Hall–Kier alpha value is -3.95. The van der Waals surface area contributed by atoms with E-state index in [-0.39, 0.29) is 18.4 Å². The van der Waals surface area contributed by atoms with Crippen LogP contribution in [0.15, 0.2) is 36.4 Å². The molecule has 0 aromatic heterocycles. The summed E-state index contributed by atoms with van der Waals surface area (Å²) < 4.78 is 22.2. The van der Waals surface area contributed by atoms with Crippen LogP contribution in [-0.4, -0.2) is 68.9 Å². The van der Waals surface area contributed by atoms with Gasteiger partial charge < -0.3 is 29.2 Å². The zero-order chi connectivity index (χ0) is 30.0. The Balaban J connectivity index is 1.69. The molecule has 0 saturated carbocycles. The fourth-order valence-electron chi connectivity index (χ4n) is 4.47. The van der Waals surface area contributed by atoms with Gasteiger partial charge in [-0.2, -0.15) is 0 Å². The van der Waals surface area contributed by atoms with Gasteiger partial charge in [-0.25, -0.2) is 9.59 Å². The highest BCUT2D eigenvalue weighted by molar-refractivity contribution is 5.99. The lowest BCUT2D eigenvalue weighted by atomic mass is 10.1. The van der Waals surface area contributed by atoms with Crippen LogP contribution in [0.1, 0.15) is 69.3 Å². The largest absolute Gasteiger partial charge is 0.496 e. The van der Waals surface area contributed by atoms with E-state index in [4.69, 9.17) is 18.9 Å². The summed E-state index contributed by atoms with van der Waals surface area (Å²) in [5.74, 6) is 1.46. The van der Waals surface area contributed by atoms with Crippen molar-refractivity contribution >= 4 is 23.6 Å². The summed E-state index contributed by atoms with van der Waals surface area (Å²) >= 11 is 0. The Bertz CT molecular complexity index is 1210. The summed E-state index contributed by atoms with van der Waals surface area (Å²) in [5, 5.41) is 2.48. The highest BCUT2D eigenvalue weighted by Gasteiger charge is 2.28. The maximum absolute atomic E-state index is 13.6. The number of carbonyl (C=O) groups excluding carboxylic acids is 3. The molecule has 1 aliphatic heterocycles. The maximum Gasteiger partial charge on any atom is 0.408 e. The molecule has 0 radical (unpaired) electrons. The van der Waals surface area contributed by atoms with Crippen LogP contribution in [0.2, 0.25) is 0 Å². The number of nitrogens with zero attached hydrogens (tertiary/aromatic N) is 2. The van der Waals surface area contributed by atoms with Crippen molar-refractivity contribution in [1.82, 2.24) is 10.2 Å². The zero-order valence-electron chi connectivity index (χ0n) is 25.1. The lowest BCUT2D eigenvalue weighted by Crippen LogP contribution is -2.49. The van der Waals surface area contributed by atoms with Crippen molar-refractivity contribution in [2.75, 3.05) is 45.4 Å². The van der Waals surface area contributed by atoms with Crippen molar-refractivity contribution in [3.63, 3.8) is 0 Å². The minimum Gasteiger partial charge on any atom is -0.496 e. The van der Waals surface area contributed by atoms with Crippen molar-refractivity contribution in [2.24, 2.45) is 0 Å². The van der Waals surface area contributed by atoms with E-state index >= 15 is 0 Å². The molecule has 3 rings (SSSR count). The first-order chi connectivity index (χ1) is 19.6. The standard InChI is InChI=1S/C31H43N3O7/c1-7-8-9-17-40-28-19-24(13-14-26(28)38-5)34-16-10-15-33(30(34)37)21-23-12-11-22(18-27(23)39-6)25(35)20-32-29(36)41-31(2,3)4/h11-14,18-19H,7-10,15-17,20-21H2,1-6H3,(H,32,36). The number of rotatable bonds is 13. The first-order valence-electron chi connectivity index (χ1n) is 14.1. The molecule has 2 aromatic rings. The van der Waals surface area contributed by atoms with E-state index in [9.17, 15) is 14.4 Å². The number of unbranched alkanes of at least 4 members (excludes halogenated alkanes) is 2. The Morgan fingerprint density at radius 3 is 2.39 bits per heavy atom. The number of alkyl carbamates (subject to hydrolysis) is 1. The number of hydrogen-bond acceptors (Lipinski definition) is 7. The molecule has 3 amide bonds. The second-order valence-electron chi connectivity index (χ2n) is 10.9. The zero-order valence-corrected chi connectivity index (χ0v) is 25.1. The summed E-state index contributed by atoms with van der Waals surface area (Å²) in [4.78, 5) is 41.7. The third-order valence-electron chi connectivity index (χ3n) is 6.54. The van der Waals surface area contributed by atoms with Gasteiger partial charge in [0.2, 0.25) is 0 Å². The van der Waals surface area contributed by atoms with Crippen LogP contribution < -0.4 is 24.4 Å². The molecule has 1 heterocycles. The number of urea groups is 1. The minimum absolute atomic E-state index is 0.123. The molecular weight excluding hydrogens is 526 g/mol. The normalized spacial score (nSPS) is 13.6. The van der Waals surface area contributed by atoms with E-state index in [1.807, 2.05) is 18.2 Å². The number of carbonyl (C=O) groups is 3. The van der Waals surface area contributed by atoms with Gasteiger partial charge >= 0.3 is 12.1 Å². The number of ether oxygens (including phenoxy) is 4. The van der Waals surface area contributed by atoms with Crippen molar-refractivity contribution < 1.29 is 33.3 Å². The molecule has 1 aliphatic rings. The Morgan fingerprint density at radius 1 is 0.951 bits per heavy atom. The molecule has 10 nitrogen and oxygen atoms in total. The highest BCUT2D eigenvalue weighted by Crippen LogP contribution is 2.34. The summed E-state index contributed by atoms with van der Waals surface area (Å²) in [7, 11) is 3.13. The molecule has 0 aliphatic carbocycles. The van der Waals surface area contributed by atoms with Crippen molar-refractivity contribution in [3.05, 3.63) is 47.5 Å². The number of ketones is 1. The molecule has 2 aromatic carbocycles. The molecule has 224 valence electrons. The molecular formula is C31H43N3O7. The summed E-state index contributed by atoms with van der Waals surface area (Å²) in [6.45, 7) is 9.28. The number of Topliss-reactive ketones (excluding diaryl/α,β-unsaturated/α-hetero) is 1. The lowest BCUT2D eigenvalue weighted by molar-refractivity contribution is 0.0520. The molecule has 1 fully saturated rings. The Kier molecular flexibility index (Phi) is 11.3. The van der Waals surface area contributed by atoms with E-state index in [0.29, 0.717) is 49.1 Å². The number of benzene rings is 2. The van der Waals surface area contributed by atoms with Crippen LogP contribution in [0.3, 0.4) is 0 Å². The summed E-state index contributed by atoms with van der Waals surface area (Å²) in [5.41, 5.74) is 1.25. The molecule has 41 heavy (non-hydrogen) atoms. The number of methoxy groups -OCH3 is 2. The van der Waals surface area contributed by atoms with Gasteiger partial charge in [0.1, 0.15) is 11.4 Å². The Morgan fingerprint density at radius 2 is 1.71 bits per heavy atom. The van der Waals surface area contributed by atoms with Crippen molar-refractivity contribution in [3.8, 4) is 17.2 Å². The number of anilines is 1. The third kappa shape index (κ3) is 9.03. The van der Waals surface area contributed by atoms with E-state index in [0.717, 1.165) is 36.9 Å². The molecule has 0 atom stereocenters. The topological polar surface area (TPSA) is 107 Å². The fraction of sp³-hybridized carbons (Fsp3) is 0.516. The quantitative estimate of drug-likeness (QED) is 0.240. The molecule has 10 heteroatoms. The van der Waals surface area contributed by atoms with Crippen LogP contribution in [0.25, 0.3) is 0 Å². The lowest BCUT2D eigenvalue weighted by Gasteiger charge is -2.36. The number of hydrogen-bond donors (Lipinski definition) is 1. The van der Waals surface area contributed by atoms with E-state index in [2.05, 4.69) is 12.2 Å². The Labute approximate surface area is 242 Å². The smallest absolute Gasteiger partial charge is 0.408 e. The van der Waals surface area contributed by atoms with Crippen LogP contribution in [0, 0.1) is 0 Å². The molecule has 1 N–H and O–H groups in total. The SMILES string of the molecule is CCCCCOc1cc(N2CCCN(Cc3ccc(C(=O)CNC(=O)OC(C)(C)C)cc3OC)C2=O)ccc1OC. The van der Waals surface area contributed by atoms with Gasteiger partial charge in [0, 0.05) is 36.0 Å². The van der Waals surface area contributed by atoms with Crippen LogP contribution in [0.4, 0.5) is 15.3 Å². The van der Waals surface area contributed by atoms with Gasteiger partial charge in [0.25, 0.3) is 0 Å². The summed E-state index contributed by atoms with van der Waals surface area (Å²) in [6.07, 6.45) is 3.28. The number of amides is 3.